The lowest BCUT2D eigenvalue weighted by Crippen LogP contribution is -2.43. The average molecular weight is 536 g/mol. The first kappa shape index (κ1) is 27.9. The minimum Gasteiger partial charge on any atom is -0.389 e. The highest BCUT2D eigenvalue weighted by Gasteiger charge is 2.29. The van der Waals surface area contributed by atoms with E-state index < -0.39 is 15.6 Å². The highest BCUT2D eigenvalue weighted by molar-refractivity contribution is 7.89. The van der Waals surface area contributed by atoms with Crippen molar-refractivity contribution in [2.75, 3.05) is 50.9 Å². The Balaban J connectivity index is 1.27. The van der Waals surface area contributed by atoms with E-state index in [-0.39, 0.29) is 17.9 Å². The van der Waals surface area contributed by atoms with Gasteiger partial charge in [-0.3, -0.25) is 4.68 Å². The molecular formula is C25H41N7O4S. The molecular weight excluding hydrogens is 494 g/mol. The summed E-state index contributed by atoms with van der Waals surface area (Å²) in [5.41, 5.74) is 1.72. The summed E-state index contributed by atoms with van der Waals surface area (Å²) in [5.74, 6) is 0.710. The fourth-order valence-corrected chi connectivity index (χ4v) is 6.54. The smallest absolute Gasteiger partial charge is 0.223 e. The fourth-order valence-electron chi connectivity index (χ4n) is 5.03. The minimum atomic E-state index is -3.26. The van der Waals surface area contributed by atoms with E-state index in [0.717, 1.165) is 42.9 Å². The van der Waals surface area contributed by atoms with Gasteiger partial charge in [0.05, 0.1) is 35.9 Å². The van der Waals surface area contributed by atoms with Crippen LogP contribution in [0.4, 0.5) is 5.95 Å². The molecule has 2 aromatic heterocycles. The molecule has 2 aliphatic rings. The summed E-state index contributed by atoms with van der Waals surface area (Å²) >= 11 is 0. The highest BCUT2D eigenvalue weighted by Crippen LogP contribution is 2.24. The molecule has 0 saturated carbocycles. The molecule has 0 aromatic carbocycles. The second kappa shape index (κ2) is 11.7. The van der Waals surface area contributed by atoms with E-state index in [2.05, 4.69) is 20.3 Å². The lowest BCUT2D eigenvalue weighted by atomic mass is 10.1. The van der Waals surface area contributed by atoms with Crippen molar-refractivity contribution in [3.63, 3.8) is 0 Å². The van der Waals surface area contributed by atoms with Gasteiger partial charge in [0.2, 0.25) is 16.0 Å². The normalized spacial score (nSPS) is 20.5. The van der Waals surface area contributed by atoms with Gasteiger partial charge in [-0.05, 0) is 58.6 Å². The Bertz CT molecular complexity index is 1140. The predicted octanol–water partition coefficient (Wildman–Crippen LogP) is 1.74. The molecule has 2 aromatic rings. The zero-order valence-electron chi connectivity index (χ0n) is 22.4. The molecule has 2 fully saturated rings. The molecule has 2 N–H and O–H groups in total. The topological polar surface area (TPSA) is 126 Å². The Labute approximate surface area is 220 Å². The van der Waals surface area contributed by atoms with Crippen molar-refractivity contribution < 1.29 is 18.3 Å². The van der Waals surface area contributed by atoms with E-state index in [1.165, 1.54) is 0 Å². The van der Waals surface area contributed by atoms with Gasteiger partial charge in [0, 0.05) is 57.3 Å². The number of hydrogen-bond donors (Lipinski definition) is 2. The molecule has 1 atom stereocenters. The van der Waals surface area contributed by atoms with Gasteiger partial charge in [-0.25, -0.2) is 22.7 Å². The number of nitrogens with one attached hydrogen (secondary N) is 1. The number of methoxy groups -OCH3 is 1. The quantitative estimate of drug-likeness (QED) is 0.442. The molecule has 206 valence electrons. The maximum atomic E-state index is 12.9. The summed E-state index contributed by atoms with van der Waals surface area (Å²) in [6, 6.07) is 0.107. The lowest BCUT2D eigenvalue weighted by molar-refractivity contribution is 0.0577. The number of aromatic nitrogens is 4. The van der Waals surface area contributed by atoms with Crippen LogP contribution in [0.15, 0.2) is 18.6 Å². The number of likely N-dealkylation sites (tertiary alicyclic amines) is 1. The van der Waals surface area contributed by atoms with Crippen molar-refractivity contribution in [1.29, 1.82) is 0 Å². The second-order valence-electron chi connectivity index (χ2n) is 10.9. The van der Waals surface area contributed by atoms with Crippen molar-refractivity contribution in [1.82, 2.24) is 29.0 Å². The highest BCUT2D eigenvalue weighted by atomic mass is 32.2. The number of hydrogen-bond acceptors (Lipinski definition) is 9. The summed E-state index contributed by atoms with van der Waals surface area (Å²) < 4.78 is 34.5. The molecule has 4 heterocycles. The maximum absolute atomic E-state index is 12.9. The maximum Gasteiger partial charge on any atom is 0.223 e. The molecule has 0 aliphatic carbocycles. The monoisotopic (exact) mass is 535 g/mol. The van der Waals surface area contributed by atoms with Crippen LogP contribution >= 0.6 is 0 Å². The molecule has 11 nitrogen and oxygen atoms in total. The summed E-state index contributed by atoms with van der Waals surface area (Å²) in [4.78, 5) is 11.5. The molecule has 4 rings (SSSR count). The number of aryl methyl sites for hydroxylation is 1. The van der Waals surface area contributed by atoms with Gasteiger partial charge >= 0.3 is 0 Å². The van der Waals surface area contributed by atoms with Gasteiger partial charge < -0.3 is 20.1 Å². The van der Waals surface area contributed by atoms with Crippen molar-refractivity contribution in [3.8, 4) is 11.3 Å². The molecule has 12 heteroatoms. The van der Waals surface area contributed by atoms with Crippen LogP contribution in [0.5, 0.6) is 0 Å². The molecule has 2 aliphatic heterocycles. The molecule has 0 unspecified atom stereocenters. The second-order valence-corrected chi connectivity index (χ2v) is 13.0. The van der Waals surface area contributed by atoms with Crippen LogP contribution in [0, 0.1) is 6.92 Å². The zero-order chi connectivity index (χ0) is 26.6. The van der Waals surface area contributed by atoms with Crippen LogP contribution in [0.3, 0.4) is 0 Å². The molecule has 0 bridgehead atoms. The Morgan fingerprint density at radius 2 is 1.95 bits per heavy atom. The Morgan fingerprint density at radius 3 is 2.62 bits per heavy atom. The Hall–Kier alpha value is -2.12. The van der Waals surface area contributed by atoms with Gasteiger partial charge in [0.25, 0.3) is 0 Å². The summed E-state index contributed by atoms with van der Waals surface area (Å²) in [6.45, 7) is 9.48. The zero-order valence-corrected chi connectivity index (χ0v) is 23.2. The number of sulfonamides is 1. The number of anilines is 1. The van der Waals surface area contributed by atoms with Gasteiger partial charge in [0.1, 0.15) is 0 Å². The first-order valence-electron chi connectivity index (χ1n) is 13.1. The standard InChI is InChI=1S/C25H41N7O4S/c1-19-14-26-24(29-23(19)20-15-27-31(16-20)18-25(2,3)33)28-21-6-11-32(12-7-21)37(34,35)13-5-9-30-10-8-22(17-30)36-4/h14-16,21-22,33H,5-13,17-18H2,1-4H3,(H,26,28,29)/t22-/m0/s1. The fraction of sp³-hybridized carbons (Fsp3) is 0.720. The molecule has 0 amide bonds. The Kier molecular flexibility index (Phi) is 8.85. The van der Waals surface area contributed by atoms with Gasteiger partial charge in [-0.2, -0.15) is 5.10 Å². The van der Waals surface area contributed by atoms with E-state index >= 15 is 0 Å². The molecule has 2 saturated heterocycles. The number of nitrogens with zero attached hydrogens (tertiary/aromatic N) is 6. The van der Waals surface area contributed by atoms with Crippen molar-refractivity contribution in [3.05, 3.63) is 24.2 Å². The van der Waals surface area contributed by atoms with Crippen LogP contribution in [-0.2, 0) is 21.3 Å². The van der Waals surface area contributed by atoms with E-state index in [1.807, 2.05) is 13.1 Å². The van der Waals surface area contributed by atoms with Crippen molar-refractivity contribution in [2.45, 2.75) is 70.7 Å². The van der Waals surface area contributed by atoms with Crippen LogP contribution in [0.25, 0.3) is 11.3 Å². The number of piperidine rings is 1. The largest absolute Gasteiger partial charge is 0.389 e. The van der Waals surface area contributed by atoms with Crippen LogP contribution in [0.1, 0.15) is 45.1 Å². The van der Waals surface area contributed by atoms with E-state index in [4.69, 9.17) is 9.72 Å². The van der Waals surface area contributed by atoms with Gasteiger partial charge in [-0.15, -0.1) is 0 Å². The van der Waals surface area contributed by atoms with E-state index in [9.17, 15) is 13.5 Å². The number of aliphatic hydroxyl groups is 1. The first-order chi connectivity index (χ1) is 17.5. The molecule has 0 radical (unpaired) electrons. The number of ether oxygens (including phenoxy) is 1. The van der Waals surface area contributed by atoms with Gasteiger partial charge in [-0.1, -0.05) is 0 Å². The predicted molar refractivity (Wildman–Crippen MR) is 143 cm³/mol. The van der Waals surface area contributed by atoms with E-state index in [0.29, 0.717) is 44.8 Å². The van der Waals surface area contributed by atoms with E-state index in [1.54, 1.807) is 42.3 Å². The van der Waals surface area contributed by atoms with Crippen LogP contribution in [0.2, 0.25) is 0 Å². The molecule has 37 heavy (non-hydrogen) atoms. The third-order valence-electron chi connectivity index (χ3n) is 7.05. The first-order valence-corrected chi connectivity index (χ1v) is 14.7. The SMILES string of the molecule is CO[C@H]1CCN(CCCS(=O)(=O)N2CCC(Nc3ncc(C)c(-c4cnn(CC(C)(C)O)c4)n3)CC2)C1. The average Bonchev–Trinajstić information content (AvgIpc) is 3.49. The summed E-state index contributed by atoms with van der Waals surface area (Å²) in [7, 11) is -1.53. The lowest BCUT2D eigenvalue weighted by Gasteiger charge is -2.31. The number of rotatable bonds is 11. The third-order valence-corrected chi connectivity index (χ3v) is 9.00. The minimum absolute atomic E-state index is 0.107. The van der Waals surface area contributed by atoms with Crippen molar-refractivity contribution >= 4 is 16.0 Å². The van der Waals surface area contributed by atoms with Crippen LogP contribution < -0.4 is 5.32 Å². The van der Waals surface area contributed by atoms with Gasteiger partial charge in [0.15, 0.2) is 0 Å². The summed E-state index contributed by atoms with van der Waals surface area (Å²) in [5, 5.41) is 17.8. The molecule has 0 spiro atoms. The Morgan fingerprint density at radius 1 is 1.19 bits per heavy atom. The third kappa shape index (κ3) is 7.70. The summed E-state index contributed by atoms with van der Waals surface area (Å²) in [6.07, 6.45) is 8.74. The van der Waals surface area contributed by atoms with Crippen LogP contribution in [-0.4, -0.2) is 106 Å². The van der Waals surface area contributed by atoms with Crippen molar-refractivity contribution in [2.24, 2.45) is 0 Å².